The summed E-state index contributed by atoms with van der Waals surface area (Å²) in [7, 11) is 0. The predicted molar refractivity (Wildman–Crippen MR) is 169 cm³/mol. The lowest BCUT2D eigenvalue weighted by molar-refractivity contribution is -0.146. The van der Waals surface area contributed by atoms with E-state index in [0.29, 0.717) is 24.3 Å². The van der Waals surface area contributed by atoms with Gasteiger partial charge in [-0.05, 0) is 42.4 Å². The van der Waals surface area contributed by atoms with E-state index in [2.05, 4.69) is 16.0 Å². The normalized spacial score (nSPS) is 14.1. The molecular weight excluding hydrogens is 596 g/mol. The molecule has 0 fully saturated rings. The molecule has 1 aromatic rings. The molecule has 2 atom stereocenters. The Morgan fingerprint density at radius 1 is 0.870 bits per heavy atom. The average molecular weight is 643 g/mol. The molecule has 0 unspecified atom stereocenters. The highest BCUT2D eigenvalue weighted by molar-refractivity contribution is 6.13. The molecule has 0 aliphatic carbocycles. The van der Waals surface area contributed by atoms with E-state index in [1.807, 2.05) is 20.8 Å². The van der Waals surface area contributed by atoms with E-state index in [-0.39, 0.29) is 62.0 Å². The fourth-order valence-electron chi connectivity index (χ4n) is 4.18. The molecule has 252 valence electrons. The summed E-state index contributed by atoms with van der Waals surface area (Å²) in [5.41, 5.74) is 1.04. The molecule has 2 rings (SSSR count). The monoisotopic (exact) mass is 642 g/mol. The number of nitrogens with zero attached hydrogens (tertiary/aromatic N) is 1. The molecule has 1 heterocycles. The predicted octanol–water partition coefficient (Wildman–Crippen LogP) is 3.27. The summed E-state index contributed by atoms with van der Waals surface area (Å²) in [6.07, 6.45) is 2.13. The van der Waals surface area contributed by atoms with Gasteiger partial charge in [0.2, 0.25) is 11.8 Å². The fraction of sp³-hybridized carbons (Fsp3) is 0.545. The molecule has 3 N–H and O–H groups in total. The minimum Gasteiger partial charge on any atom is -0.465 e. The number of alkyl carbamates (subject to hydrolysis) is 1. The van der Waals surface area contributed by atoms with Gasteiger partial charge >= 0.3 is 12.1 Å². The van der Waals surface area contributed by atoms with Gasteiger partial charge in [-0.15, -0.1) is 0 Å². The van der Waals surface area contributed by atoms with Crippen molar-refractivity contribution in [3.8, 4) is 0 Å². The van der Waals surface area contributed by atoms with Gasteiger partial charge in [-0.25, -0.2) is 4.79 Å². The van der Waals surface area contributed by atoms with E-state index in [4.69, 9.17) is 9.47 Å². The number of carbonyl (C=O) groups excluding carboxylic acids is 7. The summed E-state index contributed by atoms with van der Waals surface area (Å²) >= 11 is 0. The van der Waals surface area contributed by atoms with Crippen molar-refractivity contribution >= 4 is 47.2 Å². The van der Waals surface area contributed by atoms with Crippen molar-refractivity contribution in [1.82, 2.24) is 15.5 Å². The molecule has 0 radical (unpaired) electrons. The molecular formula is C33H46N4O9. The van der Waals surface area contributed by atoms with Gasteiger partial charge in [-0.3, -0.25) is 33.7 Å². The molecule has 13 nitrogen and oxygen atoms in total. The van der Waals surface area contributed by atoms with Crippen LogP contribution >= 0.6 is 0 Å². The third-order valence-corrected chi connectivity index (χ3v) is 6.94. The first-order valence-electron chi connectivity index (χ1n) is 15.4. The third-order valence-electron chi connectivity index (χ3n) is 6.94. The van der Waals surface area contributed by atoms with E-state index in [0.717, 1.165) is 17.1 Å². The van der Waals surface area contributed by atoms with Crippen LogP contribution in [0.3, 0.4) is 0 Å². The number of ether oxygens (including phenoxy) is 2. The Balaban J connectivity index is 1.72. The van der Waals surface area contributed by atoms with Gasteiger partial charge in [0.25, 0.3) is 11.8 Å². The smallest absolute Gasteiger partial charge is 0.407 e. The number of esters is 1. The van der Waals surface area contributed by atoms with Crippen molar-refractivity contribution in [3.63, 3.8) is 0 Å². The average Bonchev–Trinajstić information content (AvgIpc) is 3.31. The minimum absolute atomic E-state index is 0.00299. The van der Waals surface area contributed by atoms with Crippen molar-refractivity contribution in [1.29, 1.82) is 0 Å². The molecule has 0 saturated carbocycles. The molecule has 1 aliphatic heterocycles. The first kappa shape index (κ1) is 37.6. The first-order chi connectivity index (χ1) is 21.6. The molecule has 0 saturated heterocycles. The molecule has 1 aliphatic rings. The van der Waals surface area contributed by atoms with Gasteiger partial charge in [-0.1, -0.05) is 46.8 Å². The Morgan fingerprint density at radius 2 is 1.50 bits per heavy atom. The number of hydrogen-bond acceptors (Lipinski definition) is 9. The highest BCUT2D eigenvalue weighted by Gasteiger charge is 2.29. The van der Waals surface area contributed by atoms with E-state index in [1.54, 1.807) is 38.1 Å². The van der Waals surface area contributed by atoms with Gasteiger partial charge in [-0.2, -0.15) is 0 Å². The topological polar surface area (TPSA) is 177 Å². The summed E-state index contributed by atoms with van der Waals surface area (Å²) in [5, 5.41) is 7.96. The SMILES string of the molecule is CC(C)[C@H](CC(=O)CCN1C(=O)C=CC1=O)C(=O)N[C@@H](C)C(=O)Nc1ccc(COC(=O)NCCCC(=O)OCC(C)(C)C)cc1. The van der Waals surface area contributed by atoms with Crippen molar-refractivity contribution < 1.29 is 43.0 Å². The number of anilines is 1. The number of benzene rings is 1. The van der Waals surface area contributed by atoms with Crippen molar-refractivity contribution in [2.45, 2.75) is 79.9 Å². The van der Waals surface area contributed by atoms with Crippen molar-refractivity contribution in [2.75, 3.05) is 25.0 Å². The molecule has 46 heavy (non-hydrogen) atoms. The number of rotatable bonds is 17. The van der Waals surface area contributed by atoms with Crippen LogP contribution in [-0.2, 0) is 44.8 Å². The molecule has 0 bridgehead atoms. The molecule has 1 aromatic carbocycles. The second-order valence-corrected chi connectivity index (χ2v) is 12.7. The summed E-state index contributed by atoms with van der Waals surface area (Å²) in [6.45, 7) is 11.6. The van der Waals surface area contributed by atoms with Crippen LogP contribution in [0, 0.1) is 17.3 Å². The van der Waals surface area contributed by atoms with E-state index < -0.39 is 41.7 Å². The highest BCUT2D eigenvalue weighted by Crippen LogP contribution is 2.18. The van der Waals surface area contributed by atoms with Crippen LogP contribution in [0.15, 0.2) is 36.4 Å². The van der Waals surface area contributed by atoms with Gasteiger partial charge < -0.3 is 25.4 Å². The molecule has 0 aromatic heterocycles. The van der Waals surface area contributed by atoms with E-state index in [1.165, 1.54) is 6.92 Å². The lowest BCUT2D eigenvalue weighted by Crippen LogP contribution is -2.45. The minimum atomic E-state index is -0.901. The van der Waals surface area contributed by atoms with Gasteiger partial charge in [0.1, 0.15) is 18.4 Å². The van der Waals surface area contributed by atoms with E-state index in [9.17, 15) is 33.6 Å². The fourth-order valence-corrected chi connectivity index (χ4v) is 4.18. The number of carbonyl (C=O) groups is 7. The Hall–Kier alpha value is -4.55. The first-order valence-corrected chi connectivity index (χ1v) is 15.4. The van der Waals surface area contributed by atoms with Crippen LogP contribution in [0.2, 0.25) is 0 Å². The number of ketones is 1. The number of imide groups is 1. The quantitative estimate of drug-likeness (QED) is 0.131. The zero-order valence-electron chi connectivity index (χ0n) is 27.5. The zero-order valence-corrected chi connectivity index (χ0v) is 27.5. The maximum Gasteiger partial charge on any atom is 0.407 e. The van der Waals surface area contributed by atoms with Crippen LogP contribution in [-0.4, -0.2) is 72.1 Å². The van der Waals surface area contributed by atoms with Gasteiger partial charge in [0.05, 0.1) is 6.61 Å². The molecule has 0 spiro atoms. The number of nitrogens with one attached hydrogen (secondary N) is 3. The summed E-state index contributed by atoms with van der Waals surface area (Å²) in [4.78, 5) is 86.3. The second-order valence-electron chi connectivity index (χ2n) is 12.7. The standard InChI is InChI=1S/C33H46N4O9/c1-21(2)26(18-25(38)15-17-37-27(39)13-14-28(37)40)31(43)35-22(3)30(42)36-24-11-9-23(10-12-24)19-45-32(44)34-16-7-8-29(41)46-20-33(4,5)6/h9-14,21-22,26H,7-8,15-20H2,1-6H3,(H,34,44)(H,35,43)(H,36,42)/t22-,26-/m0/s1. The highest BCUT2D eigenvalue weighted by atomic mass is 16.5. The summed E-state index contributed by atoms with van der Waals surface area (Å²) in [6, 6.07) is 5.72. The lowest BCUT2D eigenvalue weighted by atomic mass is 9.89. The van der Waals surface area contributed by atoms with Crippen molar-refractivity contribution in [3.05, 3.63) is 42.0 Å². The van der Waals surface area contributed by atoms with Crippen molar-refractivity contribution in [2.24, 2.45) is 17.3 Å². The number of hydrogen-bond donors (Lipinski definition) is 3. The number of Topliss-reactive ketones (excluding diaryl/α,β-unsaturated/α-hetero) is 1. The summed E-state index contributed by atoms with van der Waals surface area (Å²) in [5.74, 6) is -3.34. The van der Waals surface area contributed by atoms with Gasteiger partial charge in [0.15, 0.2) is 0 Å². The van der Waals surface area contributed by atoms with Crippen LogP contribution in [0.1, 0.15) is 72.8 Å². The second kappa shape index (κ2) is 17.8. The maximum absolute atomic E-state index is 13.0. The maximum atomic E-state index is 13.0. The van der Waals surface area contributed by atoms with Gasteiger partial charge in [0, 0.05) is 56.1 Å². The van der Waals surface area contributed by atoms with Crippen LogP contribution < -0.4 is 16.0 Å². The Morgan fingerprint density at radius 3 is 2.09 bits per heavy atom. The zero-order chi connectivity index (χ0) is 34.4. The lowest BCUT2D eigenvalue weighted by Gasteiger charge is -2.22. The largest absolute Gasteiger partial charge is 0.465 e. The Labute approximate surface area is 269 Å². The third kappa shape index (κ3) is 13.6. The molecule has 13 heteroatoms. The van der Waals surface area contributed by atoms with Crippen LogP contribution in [0.25, 0.3) is 0 Å². The van der Waals surface area contributed by atoms with E-state index >= 15 is 0 Å². The Kier molecular flexibility index (Phi) is 14.6. The van der Waals surface area contributed by atoms with Crippen LogP contribution in [0.4, 0.5) is 10.5 Å². The molecule has 5 amide bonds. The van der Waals surface area contributed by atoms with Crippen LogP contribution in [0.5, 0.6) is 0 Å². The summed E-state index contributed by atoms with van der Waals surface area (Å²) < 4.78 is 10.4. The number of amides is 5. The Bertz CT molecular complexity index is 1280.